The predicted molar refractivity (Wildman–Crippen MR) is 120 cm³/mol. The molecule has 0 unspecified atom stereocenters. The number of carboxylic acids is 1. The second-order valence-corrected chi connectivity index (χ2v) is 9.29. The number of carbonyl (C=O) groups excluding carboxylic acids is 1. The van der Waals surface area contributed by atoms with Crippen LogP contribution in [-0.2, 0) is 5.41 Å². The summed E-state index contributed by atoms with van der Waals surface area (Å²) in [5, 5.41) is 15.2. The molecule has 0 aliphatic rings. The van der Waals surface area contributed by atoms with Gasteiger partial charge in [0.1, 0.15) is 10.6 Å². The lowest BCUT2D eigenvalue weighted by Gasteiger charge is -2.19. The van der Waals surface area contributed by atoms with Gasteiger partial charge in [0.15, 0.2) is 0 Å². The Hall–Kier alpha value is -2.34. The van der Waals surface area contributed by atoms with Gasteiger partial charge in [-0.1, -0.05) is 62.2 Å². The van der Waals surface area contributed by atoms with Gasteiger partial charge in [0.2, 0.25) is 0 Å². The molecule has 0 saturated carbocycles. The third-order valence-electron chi connectivity index (χ3n) is 4.47. The Morgan fingerprint density at radius 3 is 2.21 bits per heavy atom. The van der Waals surface area contributed by atoms with E-state index in [0.717, 1.165) is 16.9 Å². The van der Waals surface area contributed by atoms with Crippen molar-refractivity contribution in [1.29, 1.82) is 0 Å². The molecule has 1 aromatic heterocycles. The maximum atomic E-state index is 12.7. The highest BCUT2D eigenvalue weighted by Gasteiger charge is 2.23. The Morgan fingerprint density at radius 1 is 1.00 bits per heavy atom. The number of hydrogen-bond donors (Lipinski definition) is 2. The van der Waals surface area contributed by atoms with Gasteiger partial charge in [-0.05, 0) is 35.2 Å². The normalized spacial score (nSPS) is 11.3. The molecule has 0 atom stereocenters. The quantitative estimate of drug-likeness (QED) is 0.453. The molecular weight excluding hydrogens is 429 g/mol. The van der Waals surface area contributed by atoms with Crippen LogP contribution in [0.1, 0.15) is 47.1 Å². The smallest absolute Gasteiger partial charge is 0.339 e. The summed E-state index contributed by atoms with van der Waals surface area (Å²) in [4.78, 5) is 24.6. The zero-order chi connectivity index (χ0) is 21.3. The summed E-state index contributed by atoms with van der Waals surface area (Å²) >= 11 is 13.3. The van der Waals surface area contributed by atoms with E-state index < -0.39 is 5.97 Å². The fourth-order valence-corrected chi connectivity index (χ4v) is 4.32. The van der Waals surface area contributed by atoms with Gasteiger partial charge in [0.25, 0.3) is 5.91 Å². The minimum atomic E-state index is -1.15. The summed E-state index contributed by atoms with van der Waals surface area (Å²) in [6.07, 6.45) is 0. The van der Waals surface area contributed by atoms with Crippen LogP contribution < -0.4 is 5.32 Å². The molecule has 0 fully saturated rings. The number of carbonyl (C=O) groups is 2. The standard InChI is InChI=1S/C22H19Cl2NO3S/c1-22(2,3)13-6-4-12(5-7-13)19(26)25-20-18(21(27)28)16(11-29-20)15-9-8-14(23)10-17(15)24/h4-11H,1-3H3,(H,25,26)(H,27,28). The molecule has 7 heteroatoms. The van der Waals surface area contributed by atoms with Crippen molar-refractivity contribution in [3.63, 3.8) is 0 Å². The van der Waals surface area contributed by atoms with Crippen molar-refractivity contribution in [2.24, 2.45) is 0 Å². The number of carboxylic acid groups (broad SMARTS) is 1. The van der Waals surface area contributed by atoms with E-state index >= 15 is 0 Å². The topological polar surface area (TPSA) is 66.4 Å². The predicted octanol–water partition coefficient (Wildman–Crippen LogP) is 6.97. The molecule has 0 aliphatic carbocycles. The molecule has 2 N–H and O–H groups in total. The van der Waals surface area contributed by atoms with Gasteiger partial charge >= 0.3 is 5.97 Å². The number of halogens is 2. The van der Waals surface area contributed by atoms with Gasteiger partial charge in [-0.2, -0.15) is 0 Å². The summed E-state index contributed by atoms with van der Waals surface area (Å²) in [6, 6.07) is 12.1. The van der Waals surface area contributed by atoms with E-state index in [4.69, 9.17) is 23.2 Å². The van der Waals surface area contributed by atoms with Gasteiger partial charge < -0.3 is 10.4 Å². The molecular formula is C22H19Cl2NO3S. The summed E-state index contributed by atoms with van der Waals surface area (Å²) in [7, 11) is 0. The van der Waals surface area contributed by atoms with Crippen LogP contribution in [0.15, 0.2) is 47.8 Å². The van der Waals surface area contributed by atoms with Crippen molar-refractivity contribution < 1.29 is 14.7 Å². The van der Waals surface area contributed by atoms with Gasteiger partial charge in [-0.25, -0.2) is 4.79 Å². The van der Waals surface area contributed by atoms with Gasteiger partial charge in [-0.3, -0.25) is 4.79 Å². The van der Waals surface area contributed by atoms with Crippen LogP contribution in [0.25, 0.3) is 11.1 Å². The number of benzene rings is 2. The molecule has 3 rings (SSSR count). The molecule has 0 saturated heterocycles. The largest absolute Gasteiger partial charge is 0.478 e. The molecule has 4 nitrogen and oxygen atoms in total. The van der Waals surface area contributed by atoms with E-state index in [2.05, 4.69) is 26.1 Å². The van der Waals surface area contributed by atoms with Gasteiger partial charge in [0.05, 0.1) is 0 Å². The number of hydrogen-bond acceptors (Lipinski definition) is 3. The van der Waals surface area contributed by atoms with Crippen molar-refractivity contribution in [3.8, 4) is 11.1 Å². The third kappa shape index (κ3) is 4.64. The molecule has 3 aromatic rings. The van der Waals surface area contributed by atoms with Crippen LogP contribution in [0, 0.1) is 0 Å². The van der Waals surface area contributed by atoms with E-state index in [-0.39, 0.29) is 21.9 Å². The molecule has 1 amide bonds. The Balaban J connectivity index is 1.93. The van der Waals surface area contributed by atoms with Gasteiger partial charge in [-0.15, -0.1) is 11.3 Å². The minimum Gasteiger partial charge on any atom is -0.478 e. The molecule has 0 aliphatic heterocycles. The van der Waals surface area contributed by atoms with E-state index in [9.17, 15) is 14.7 Å². The van der Waals surface area contributed by atoms with Crippen LogP contribution >= 0.6 is 34.5 Å². The fraction of sp³-hybridized carbons (Fsp3) is 0.182. The Bertz CT molecular complexity index is 1080. The summed E-state index contributed by atoms with van der Waals surface area (Å²) in [5.74, 6) is -1.52. The van der Waals surface area contributed by atoms with Crippen molar-refractivity contribution in [3.05, 3.63) is 74.6 Å². The lowest BCUT2D eigenvalue weighted by molar-refractivity contribution is 0.0699. The number of thiophene rings is 1. The van der Waals surface area contributed by atoms with Crippen LogP contribution in [0.3, 0.4) is 0 Å². The van der Waals surface area contributed by atoms with Crippen LogP contribution in [-0.4, -0.2) is 17.0 Å². The highest BCUT2D eigenvalue weighted by molar-refractivity contribution is 7.15. The minimum absolute atomic E-state index is 0.00103. The SMILES string of the molecule is CC(C)(C)c1ccc(C(=O)Nc2scc(-c3ccc(Cl)cc3Cl)c2C(=O)O)cc1. The molecule has 0 spiro atoms. The number of anilines is 1. The fourth-order valence-electron chi connectivity index (χ4n) is 2.87. The van der Waals surface area contributed by atoms with Crippen molar-refractivity contribution in [1.82, 2.24) is 0 Å². The first kappa shape index (κ1) is 21.4. The van der Waals surface area contributed by atoms with Crippen LogP contribution in [0.2, 0.25) is 10.0 Å². The lowest BCUT2D eigenvalue weighted by Crippen LogP contribution is -2.15. The number of nitrogens with one attached hydrogen (secondary N) is 1. The molecule has 29 heavy (non-hydrogen) atoms. The first-order chi connectivity index (χ1) is 13.6. The molecule has 2 aromatic carbocycles. The highest BCUT2D eigenvalue weighted by Crippen LogP contribution is 2.39. The van der Waals surface area contributed by atoms with Crippen molar-refractivity contribution in [2.75, 3.05) is 5.32 Å². The number of aromatic carboxylic acids is 1. The summed E-state index contributed by atoms with van der Waals surface area (Å²) < 4.78 is 0. The van der Waals surface area contributed by atoms with E-state index in [0.29, 0.717) is 26.7 Å². The van der Waals surface area contributed by atoms with Crippen LogP contribution in [0.5, 0.6) is 0 Å². The second kappa shape index (κ2) is 8.19. The zero-order valence-electron chi connectivity index (χ0n) is 16.0. The molecule has 150 valence electrons. The zero-order valence-corrected chi connectivity index (χ0v) is 18.4. The second-order valence-electron chi connectivity index (χ2n) is 7.56. The van der Waals surface area contributed by atoms with Crippen molar-refractivity contribution in [2.45, 2.75) is 26.2 Å². The van der Waals surface area contributed by atoms with Crippen molar-refractivity contribution >= 4 is 51.4 Å². The monoisotopic (exact) mass is 447 g/mol. The first-order valence-electron chi connectivity index (χ1n) is 8.80. The molecule has 0 bridgehead atoms. The van der Waals surface area contributed by atoms with E-state index in [1.54, 1.807) is 35.7 Å². The maximum Gasteiger partial charge on any atom is 0.339 e. The first-order valence-corrected chi connectivity index (χ1v) is 10.4. The van der Waals surface area contributed by atoms with Gasteiger partial charge in [0, 0.05) is 32.1 Å². The Kier molecular flexibility index (Phi) is 6.03. The van der Waals surface area contributed by atoms with E-state index in [1.807, 2.05) is 12.1 Å². The molecule has 1 heterocycles. The number of rotatable bonds is 4. The average Bonchev–Trinajstić information content (AvgIpc) is 3.04. The summed E-state index contributed by atoms with van der Waals surface area (Å²) in [6.45, 7) is 6.28. The van der Waals surface area contributed by atoms with Crippen LogP contribution in [0.4, 0.5) is 5.00 Å². The Labute approximate surface area is 183 Å². The third-order valence-corrected chi connectivity index (χ3v) is 5.91. The number of amides is 1. The van der Waals surface area contributed by atoms with E-state index in [1.165, 1.54) is 0 Å². The average molecular weight is 448 g/mol. The maximum absolute atomic E-state index is 12.7. The Morgan fingerprint density at radius 2 is 1.66 bits per heavy atom. The highest BCUT2D eigenvalue weighted by atomic mass is 35.5. The summed E-state index contributed by atoms with van der Waals surface area (Å²) in [5.41, 5.74) is 2.51. The lowest BCUT2D eigenvalue weighted by atomic mass is 9.87. The molecule has 0 radical (unpaired) electrons.